The van der Waals surface area contributed by atoms with Crippen molar-refractivity contribution in [1.29, 1.82) is 0 Å². The van der Waals surface area contributed by atoms with Crippen LogP contribution in [-0.4, -0.2) is 25.1 Å². The highest BCUT2D eigenvalue weighted by Crippen LogP contribution is 2.07. The van der Waals surface area contributed by atoms with Gasteiger partial charge in [-0.25, -0.2) is 4.98 Å². The minimum absolute atomic E-state index is 0. The first-order valence-electron chi connectivity index (χ1n) is 6.79. The first-order chi connectivity index (χ1) is 10.3. The standard InChI is InChI=1S/C16H20N4O.HI/c1-17-16(19-11-13-6-4-3-5-7-13)20-12-14-8-9-18-15(10-14)21-2;/h3-10H,11-12H2,1-2H3,(H2,17,19,20);1H. The van der Waals surface area contributed by atoms with Gasteiger partial charge in [0.2, 0.25) is 5.88 Å². The molecule has 2 N–H and O–H groups in total. The Hall–Kier alpha value is -1.83. The Morgan fingerprint density at radius 3 is 2.41 bits per heavy atom. The third-order valence-corrected chi connectivity index (χ3v) is 2.99. The molecule has 5 nitrogen and oxygen atoms in total. The Morgan fingerprint density at radius 2 is 1.77 bits per heavy atom. The van der Waals surface area contributed by atoms with E-state index in [0.29, 0.717) is 12.4 Å². The fourth-order valence-corrected chi connectivity index (χ4v) is 1.86. The molecule has 0 aliphatic heterocycles. The predicted octanol–water partition coefficient (Wildman–Crippen LogP) is 2.57. The van der Waals surface area contributed by atoms with Gasteiger partial charge in [0.25, 0.3) is 0 Å². The molecule has 0 amide bonds. The van der Waals surface area contributed by atoms with Crippen LogP contribution in [0.4, 0.5) is 0 Å². The first kappa shape index (κ1) is 18.2. The molecule has 22 heavy (non-hydrogen) atoms. The van der Waals surface area contributed by atoms with E-state index in [0.717, 1.165) is 18.1 Å². The number of nitrogens with zero attached hydrogens (tertiary/aromatic N) is 2. The third kappa shape index (κ3) is 5.88. The lowest BCUT2D eigenvalue weighted by Gasteiger charge is -2.12. The molecule has 0 aliphatic rings. The van der Waals surface area contributed by atoms with E-state index >= 15 is 0 Å². The van der Waals surface area contributed by atoms with Gasteiger partial charge < -0.3 is 15.4 Å². The second-order valence-electron chi connectivity index (χ2n) is 4.47. The summed E-state index contributed by atoms with van der Waals surface area (Å²) in [6.45, 7) is 1.40. The van der Waals surface area contributed by atoms with Crippen LogP contribution in [0.3, 0.4) is 0 Å². The molecule has 0 saturated carbocycles. The number of nitrogens with one attached hydrogen (secondary N) is 2. The van der Waals surface area contributed by atoms with Crippen LogP contribution in [0.15, 0.2) is 53.7 Å². The van der Waals surface area contributed by atoms with Crippen LogP contribution in [0.1, 0.15) is 11.1 Å². The number of methoxy groups -OCH3 is 1. The molecule has 1 aromatic carbocycles. The monoisotopic (exact) mass is 412 g/mol. The zero-order valence-corrected chi connectivity index (χ0v) is 15.1. The number of pyridine rings is 1. The smallest absolute Gasteiger partial charge is 0.213 e. The topological polar surface area (TPSA) is 58.5 Å². The quantitative estimate of drug-likeness (QED) is 0.451. The van der Waals surface area contributed by atoms with Gasteiger partial charge >= 0.3 is 0 Å². The van der Waals surface area contributed by atoms with Gasteiger partial charge in [0.15, 0.2) is 5.96 Å². The van der Waals surface area contributed by atoms with Crippen molar-refractivity contribution in [3.63, 3.8) is 0 Å². The maximum absolute atomic E-state index is 5.11. The van der Waals surface area contributed by atoms with Gasteiger partial charge in [-0.2, -0.15) is 0 Å². The Balaban J connectivity index is 0.00000242. The highest BCUT2D eigenvalue weighted by atomic mass is 127. The summed E-state index contributed by atoms with van der Waals surface area (Å²) in [4.78, 5) is 8.29. The van der Waals surface area contributed by atoms with Crippen LogP contribution in [0, 0.1) is 0 Å². The highest BCUT2D eigenvalue weighted by molar-refractivity contribution is 14.0. The van der Waals surface area contributed by atoms with E-state index in [9.17, 15) is 0 Å². The number of hydrogen-bond acceptors (Lipinski definition) is 3. The highest BCUT2D eigenvalue weighted by Gasteiger charge is 2.00. The van der Waals surface area contributed by atoms with Gasteiger partial charge in [0.1, 0.15) is 0 Å². The number of rotatable bonds is 5. The molecule has 0 aliphatic carbocycles. The number of benzene rings is 1. The van der Waals surface area contributed by atoms with Crippen molar-refractivity contribution in [1.82, 2.24) is 15.6 Å². The molecule has 1 heterocycles. The largest absolute Gasteiger partial charge is 0.481 e. The van der Waals surface area contributed by atoms with Crippen molar-refractivity contribution >= 4 is 29.9 Å². The second-order valence-corrected chi connectivity index (χ2v) is 4.47. The number of halogens is 1. The zero-order chi connectivity index (χ0) is 14.9. The summed E-state index contributed by atoms with van der Waals surface area (Å²) < 4.78 is 5.11. The summed E-state index contributed by atoms with van der Waals surface area (Å²) in [5.41, 5.74) is 2.30. The number of aromatic nitrogens is 1. The molecule has 118 valence electrons. The lowest BCUT2D eigenvalue weighted by Crippen LogP contribution is -2.36. The summed E-state index contributed by atoms with van der Waals surface area (Å²) in [6, 6.07) is 14.1. The van der Waals surface area contributed by atoms with Crippen molar-refractivity contribution < 1.29 is 4.74 Å². The van der Waals surface area contributed by atoms with E-state index in [4.69, 9.17) is 4.74 Å². The average molecular weight is 412 g/mol. The minimum atomic E-state index is 0. The van der Waals surface area contributed by atoms with Gasteiger partial charge in [-0.05, 0) is 17.2 Å². The van der Waals surface area contributed by atoms with Crippen molar-refractivity contribution in [2.45, 2.75) is 13.1 Å². The van der Waals surface area contributed by atoms with Gasteiger partial charge in [-0.1, -0.05) is 30.3 Å². The molecule has 2 aromatic rings. The molecule has 0 spiro atoms. The molecule has 0 radical (unpaired) electrons. The molecule has 0 saturated heterocycles. The van der Waals surface area contributed by atoms with Crippen molar-refractivity contribution in [2.75, 3.05) is 14.2 Å². The van der Waals surface area contributed by atoms with Crippen LogP contribution < -0.4 is 15.4 Å². The predicted molar refractivity (Wildman–Crippen MR) is 99.7 cm³/mol. The fraction of sp³-hybridized carbons (Fsp3) is 0.250. The van der Waals surface area contributed by atoms with E-state index in [-0.39, 0.29) is 24.0 Å². The normalized spacial score (nSPS) is 10.5. The SMILES string of the molecule is CN=C(NCc1ccccc1)NCc1ccnc(OC)c1.I. The maximum atomic E-state index is 5.11. The first-order valence-corrected chi connectivity index (χ1v) is 6.79. The van der Waals surface area contributed by atoms with Crippen molar-refractivity contribution in [3.8, 4) is 5.88 Å². The van der Waals surface area contributed by atoms with E-state index in [2.05, 4.69) is 32.7 Å². The number of guanidine groups is 1. The van der Waals surface area contributed by atoms with Crippen LogP contribution in [0.2, 0.25) is 0 Å². The Morgan fingerprint density at radius 1 is 1.09 bits per heavy atom. The number of hydrogen-bond donors (Lipinski definition) is 2. The molecule has 0 bridgehead atoms. The molecule has 0 atom stereocenters. The molecule has 0 fully saturated rings. The molecular weight excluding hydrogens is 391 g/mol. The van der Waals surface area contributed by atoms with E-state index in [1.165, 1.54) is 5.56 Å². The lowest BCUT2D eigenvalue weighted by molar-refractivity contribution is 0.397. The second kappa shape index (κ2) is 9.99. The fourth-order valence-electron chi connectivity index (χ4n) is 1.86. The summed E-state index contributed by atoms with van der Waals surface area (Å²) in [7, 11) is 3.37. The van der Waals surface area contributed by atoms with E-state index in [1.807, 2.05) is 30.3 Å². The average Bonchev–Trinajstić information content (AvgIpc) is 2.56. The van der Waals surface area contributed by atoms with Crippen molar-refractivity contribution in [2.24, 2.45) is 4.99 Å². The zero-order valence-electron chi connectivity index (χ0n) is 12.7. The Kier molecular flexibility index (Phi) is 8.27. The Bertz CT molecular complexity index is 590. The molecule has 2 rings (SSSR count). The van der Waals surface area contributed by atoms with E-state index in [1.54, 1.807) is 20.4 Å². The number of aliphatic imine (C=N–C) groups is 1. The Labute approximate surface area is 148 Å². The van der Waals surface area contributed by atoms with Crippen LogP contribution >= 0.6 is 24.0 Å². The third-order valence-electron chi connectivity index (χ3n) is 2.99. The van der Waals surface area contributed by atoms with Gasteiger partial charge in [-0.3, -0.25) is 4.99 Å². The van der Waals surface area contributed by atoms with Gasteiger partial charge in [0.05, 0.1) is 7.11 Å². The lowest BCUT2D eigenvalue weighted by atomic mass is 10.2. The van der Waals surface area contributed by atoms with Gasteiger partial charge in [0, 0.05) is 32.4 Å². The summed E-state index contributed by atoms with van der Waals surface area (Å²) in [5.74, 6) is 1.37. The summed E-state index contributed by atoms with van der Waals surface area (Å²) >= 11 is 0. The summed E-state index contributed by atoms with van der Waals surface area (Å²) in [5, 5.41) is 6.54. The van der Waals surface area contributed by atoms with Crippen LogP contribution in [0.5, 0.6) is 5.88 Å². The van der Waals surface area contributed by atoms with E-state index < -0.39 is 0 Å². The molecule has 0 unspecified atom stereocenters. The van der Waals surface area contributed by atoms with Crippen LogP contribution in [-0.2, 0) is 13.1 Å². The summed E-state index contributed by atoms with van der Waals surface area (Å²) in [6.07, 6.45) is 1.73. The molecule has 6 heteroatoms. The van der Waals surface area contributed by atoms with Crippen LogP contribution in [0.25, 0.3) is 0 Å². The van der Waals surface area contributed by atoms with Crippen molar-refractivity contribution in [3.05, 3.63) is 59.8 Å². The number of ether oxygens (including phenoxy) is 1. The maximum Gasteiger partial charge on any atom is 0.213 e. The molecule has 1 aromatic heterocycles. The minimum Gasteiger partial charge on any atom is -0.481 e. The molecular formula is C16H21IN4O. The van der Waals surface area contributed by atoms with Gasteiger partial charge in [-0.15, -0.1) is 24.0 Å².